The van der Waals surface area contributed by atoms with Crippen LogP contribution in [0, 0.1) is 13.8 Å². The molecule has 0 fully saturated rings. The zero-order valence-electron chi connectivity index (χ0n) is 12.5. The number of hydrogen-bond acceptors (Lipinski definition) is 2. The highest BCUT2D eigenvalue weighted by molar-refractivity contribution is 5.46. The van der Waals surface area contributed by atoms with E-state index in [1.54, 1.807) is 0 Å². The van der Waals surface area contributed by atoms with Gasteiger partial charge in [0, 0.05) is 18.8 Å². The molecule has 0 heterocycles. The molecule has 0 bridgehead atoms. The Morgan fingerprint density at radius 3 is 2.15 bits per heavy atom. The van der Waals surface area contributed by atoms with E-state index in [2.05, 4.69) is 56.0 Å². The molecule has 2 aromatic carbocycles. The SMILES string of the molecule is CCN(CC(O)c1cc(C)cc(C)c1)c1ccccc1. The molecule has 0 saturated heterocycles. The lowest BCUT2D eigenvalue weighted by atomic mass is 10.0. The van der Waals surface area contributed by atoms with Crippen molar-refractivity contribution >= 4 is 5.69 Å². The van der Waals surface area contributed by atoms with Crippen LogP contribution in [0.5, 0.6) is 0 Å². The van der Waals surface area contributed by atoms with Gasteiger partial charge in [-0.15, -0.1) is 0 Å². The summed E-state index contributed by atoms with van der Waals surface area (Å²) >= 11 is 0. The number of hydrogen-bond donors (Lipinski definition) is 1. The van der Waals surface area contributed by atoms with Crippen LogP contribution >= 0.6 is 0 Å². The van der Waals surface area contributed by atoms with Crippen LogP contribution in [0.3, 0.4) is 0 Å². The summed E-state index contributed by atoms with van der Waals surface area (Å²) in [5.41, 5.74) is 4.54. The van der Waals surface area contributed by atoms with Gasteiger partial charge in [0.2, 0.25) is 0 Å². The fourth-order valence-electron chi connectivity index (χ4n) is 2.57. The van der Waals surface area contributed by atoms with Crippen LogP contribution in [-0.2, 0) is 0 Å². The molecule has 0 aliphatic carbocycles. The molecule has 2 heteroatoms. The molecular weight excluding hydrogens is 246 g/mol. The van der Waals surface area contributed by atoms with Crippen molar-refractivity contribution in [1.82, 2.24) is 0 Å². The first kappa shape index (κ1) is 14.6. The Kier molecular flexibility index (Phi) is 4.80. The molecule has 1 unspecified atom stereocenters. The Labute approximate surface area is 121 Å². The van der Waals surface area contributed by atoms with E-state index in [-0.39, 0.29) is 0 Å². The molecule has 1 atom stereocenters. The Morgan fingerprint density at radius 2 is 1.60 bits per heavy atom. The van der Waals surface area contributed by atoms with Crippen molar-refractivity contribution in [2.24, 2.45) is 0 Å². The normalized spacial score (nSPS) is 12.2. The van der Waals surface area contributed by atoms with Crippen molar-refractivity contribution < 1.29 is 5.11 Å². The largest absolute Gasteiger partial charge is 0.387 e. The lowest BCUT2D eigenvalue weighted by Gasteiger charge is -2.26. The zero-order valence-corrected chi connectivity index (χ0v) is 12.5. The maximum Gasteiger partial charge on any atom is 0.0965 e. The van der Waals surface area contributed by atoms with Crippen molar-refractivity contribution in [2.45, 2.75) is 26.9 Å². The van der Waals surface area contributed by atoms with E-state index in [1.807, 2.05) is 18.2 Å². The average Bonchev–Trinajstić information content (AvgIpc) is 2.44. The molecule has 0 aliphatic rings. The van der Waals surface area contributed by atoms with Gasteiger partial charge in [-0.05, 0) is 38.5 Å². The maximum absolute atomic E-state index is 10.5. The first-order valence-electron chi connectivity index (χ1n) is 7.16. The topological polar surface area (TPSA) is 23.5 Å². The summed E-state index contributed by atoms with van der Waals surface area (Å²) in [6.07, 6.45) is -0.464. The number of anilines is 1. The first-order valence-corrected chi connectivity index (χ1v) is 7.16. The summed E-state index contributed by atoms with van der Waals surface area (Å²) in [6.45, 7) is 7.74. The zero-order chi connectivity index (χ0) is 14.5. The van der Waals surface area contributed by atoms with Gasteiger partial charge in [0.15, 0.2) is 0 Å². The maximum atomic E-state index is 10.5. The summed E-state index contributed by atoms with van der Waals surface area (Å²) in [5, 5.41) is 10.5. The fourth-order valence-corrected chi connectivity index (χ4v) is 2.57. The predicted octanol–water partition coefficient (Wildman–Crippen LogP) is 3.86. The second kappa shape index (κ2) is 6.58. The van der Waals surface area contributed by atoms with Gasteiger partial charge >= 0.3 is 0 Å². The van der Waals surface area contributed by atoms with E-state index in [9.17, 15) is 5.11 Å². The second-order valence-corrected chi connectivity index (χ2v) is 5.31. The highest BCUT2D eigenvalue weighted by Crippen LogP contribution is 2.21. The highest BCUT2D eigenvalue weighted by Gasteiger charge is 2.13. The molecule has 0 aliphatic heterocycles. The molecule has 20 heavy (non-hydrogen) atoms. The van der Waals surface area contributed by atoms with Gasteiger partial charge in [-0.1, -0.05) is 47.5 Å². The third-order valence-electron chi connectivity index (χ3n) is 3.53. The van der Waals surface area contributed by atoms with Crippen molar-refractivity contribution in [2.75, 3.05) is 18.0 Å². The van der Waals surface area contributed by atoms with Crippen molar-refractivity contribution in [3.05, 3.63) is 65.2 Å². The monoisotopic (exact) mass is 269 g/mol. The number of aliphatic hydroxyl groups is 1. The molecule has 106 valence electrons. The van der Waals surface area contributed by atoms with Crippen molar-refractivity contribution in [1.29, 1.82) is 0 Å². The molecule has 0 saturated carbocycles. The van der Waals surface area contributed by atoms with E-state index < -0.39 is 6.10 Å². The van der Waals surface area contributed by atoms with Crippen LogP contribution in [0.1, 0.15) is 29.7 Å². The smallest absolute Gasteiger partial charge is 0.0965 e. The van der Waals surface area contributed by atoms with Gasteiger partial charge in [0.1, 0.15) is 0 Å². The molecule has 1 N–H and O–H groups in total. The highest BCUT2D eigenvalue weighted by atomic mass is 16.3. The van der Waals surface area contributed by atoms with Gasteiger partial charge < -0.3 is 10.0 Å². The van der Waals surface area contributed by atoms with Crippen molar-refractivity contribution in [3.63, 3.8) is 0 Å². The molecular formula is C18H23NO. The van der Waals surface area contributed by atoms with Crippen LogP contribution in [0.2, 0.25) is 0 Å². The minimum Gasteiger partial charge on any atom is -0.387 e. The minimum absolute atomic E-state index is 0.464. The van der Waals surface area contributed by atoms with Gasteiger partial charge in [-0.25, -0.2) is 0 Å². The van der Waals surface area contributed by atoms with E-state index in [4.69, 9.17) is 0 Å². The lowest BCUT2D eigenvalue weighted by molar-refractivity contribution is 0.183. The standard InChI is InChI=1S/C18H23NO/c1-4-19(17-8-6-5-7-9-17)13-18(20)16-11-14(2)10-15(3)12-16/h5-12,18,20H,4,13H2,1-3H3. The number of likely N-dealkylation sites (N-methyl/N-ethyl adjacent to an activating group) is 1. The van der Waals surface area contributed by atoms with E-state index >= 15 is 0 Å². The van der Waals surface area contributed by atoms with Crippen molar-refractivity contribution in [3.8, 4) is 0 Å². The van der Waals surface area contributed by atoms with Gasteiger partial charge in [-0.3, -0.25) is 0 Å². The number of rotatable bonds is 5. The van der Waals surface area contributed by atoms with E-state index in [0.717, 1.165) is 17.8 Å². The Balaban J connectivity index is 2.15. The first-order chi connectivity index (χ1) is 9.60. The summed E-state index contributed by atoms with van der Waals surface area (Å²) in [5.74, 6) is 0. The van der Waals surface area contributed by atoms with Gasteiger partial charge in [0.25, 0.3) is 0 Å². The lowest BCUT2D eigenvalue weighted by Crippen LogP contribution is -2.28. The number of aliphatic hydroxyl groups excluding tert-OH is 1. The number of nitrogens with zero attached hydrogens (tertiary/aromatic N) is 1. The van der Waals surface area contributed by atoms with E-state index in [1.165, 1.54) is 11.1 Å². The van der Waals surface area contributed by atoms with Gasteiger partial charge in [-0.2, -0.15) is 0 Å². The number of benzene rings is 2. The Bertz CT molecular complexity index is 530. The quantitative estimate of drug-likeness (QED) is 0.891. The van der Waals surface area contributed by atoms with Crippen LogP contribution in [0.15, 0.2) is 48.5 Å². The number of aryl methyl sites for hydroxylation is 2. The molecule has 0 amide bonds. The van der Waals surface area contributed by atoms with Crippen LogP contribution in [0.25, 0.3) is 0 Å². The third-order valence-corrected chi connectivity index (χ3v) is 3.53. The van der Waals surface area contributed by atoms with Crippen LogP contribution < -0.4 is 4.90 Å². The average molecular weight is 269 g/mol. The van der Waals surface area contributed by atoms with Crippen LogP contribution in [-0.4, -0.2) is 18.2 Å². The molecule has 0 spiro atoms. The van der Waals surface area contributed by atoms with Crippen LogP contribution in [0.4, 0.5) is 5.69 Å². The molecule has 2 aromatic rings. The Hall–Kier alpha value is -1.80. The molecule has 2 rings (SSSR count). The summed E-state index contributed by atoms with van der Waals surface area (Å²) < 4.78 is 0. The summed E-state index contributed by atoms with van der Waals surface area (Å²) in [7, 11) is 0. The summed E-state index contributed by atoms with van der Waals surface area (Å²) in [4.78, 5) is 2.20. The molecule has 0 radical (unpaired) electrons. The minimum atomic E-state index is -0.464. The predicted molar refractivity (Wildman–Crippen MR) is 85.2 cm³/mol. The third kappa shape index (κ3) is 3.61. The molecule has 2 nitrogen and oxygen atoms in total. The molecule has 0 aromatic heterocycles. The second-order valence-electron chi connectivity index (χ2n) is 5.31. The van der Waals surface area contributed by atoms with E-state index in [0.29, 0.717) is 6.54 Å². The fraction of sp³-hybridized carbons (Fsp3) is 0.333. The van der Waals surface area contributed by atoms with Gasteiger partial charge in [0.05, 0.1) is 6.10 Å². The summed E-state index contributed by atoms with van der Waals surface area (Å²) in [6, 6.07) is 16.5. The number of para-hydroxylation sites is 1. The Morgan fingerprint density at radius 1 is 1.00 bits per heavy atom.